The molecule has 1 atom stereocenters. The molecule has 4 aromatic rings. The molecule has 4 rings (SSSR count). The summed E-state index contributed by atoms with van der Waals surface area (Å²) in [5.74, 6) is -0.388. The number of nitrogens with zero attached hydrogens (tertiary/aromatic N) is 2. The van der Waals surface area contributed by atoms with Gasteiger partial charge in [0.05, 0.1) is 35.0 Å². The van der Waals surface area contributed by atoms with Crippen LogP contribution in [0.15, 0.2) is 84.0 Å². The molecule has 0 saturated carbocycles. The molecule has 0 bridgehead atoms. The largest absolute Gasteiger partial charge is 0.462 e. The first-order valence-corrected chi connectivity index (χ1v) is 14.3. The summed E-state index contributed by atoms with van der Waals surface area (Å²) < 4.78 is 35.0. The molecular formula is C29H35ClN4O5S. The first-order chi connectivity index (χ1) is 18.6. The smallest absolute Gasteiger partial charge is 0.340 e. The maximum absolute atomic E-state index is 12.7. The second kappa shape index (κ2) is 13.3. The Hall–Kier alpha value is -3.44. The van der Waals surface area contributed by atoms with E-state index in [-0.39, 0.29) is 35.4 Å². The van der Waals surface area contributed by atoms with Gasteiger partial charge in [0, 0.05) is 24.3 Å². The maximum atomic E-state index is 12.7. The monoisotopic (exact) mass is 586 g/mol. The van der Waals surface area contributed by atoms with Crippen molar-refractivity contribution in [1.29, 1.82) is 0 Å². The van der Waals surface area contributed by atoms with Gasteiger partial charge in [0.25, 0.3) is 10.0 Å². The lowest BCUT2D eigenvalue weighted by Gasteiger charge is -2.28. The third kappa shape index (κ3) is 7.60. The van der Waals surface area contributed by atoms with Crippen LogP contribution in [0.5, 0.6) is 0 Å². The fraction of sp³-hybridized carbons (Fsp3) is 0.310. The molecule has 0 spiro atoms. The van der Waals surface area contributed by atoms with Crippen molar-refractivity contribution in [3.05, 3.63) is 90.3 Å². The van der Waals surface area contributed by atoms with E-state index in [0.717, 1.165) is 11.9 Å². The van der Waals surface area contributed by atoms with Gasteiger partial charge in [-0.15, -0.1) is 12.4 Å². The Morgan fingerprint density at radius 1 is 1.07 bits per heavy atom. The standard InChI is InChI=1S/C29H34N4O5S.ClH/c1-4-38-28(35)24-14-9-15-25-27(24)30-20-33(25)17-16-29(2,3)31-19-26(34)21-10-8-11-22(18-21)32-39(36,37)23-12-6-5-7-13-23;/h5-15,18,20,26,31-32,34H,4,16-17,19H2,1-3H3;1H. The van der Waals surface area contributed by atoms with E-state index in [1.165, 1.54) is 12.1 Å². The number of hydrogen-bond acceptors (Lipinski definition) is 7. The first-order valence-electron chi connectivity index (χ1n) is 12.8. The summed E-state index contributed by atoms with van der Waals surface area (Å²) in [4.78, 5) is 16.9. The first kappa shape index (κ1) is 31.1. The zero-order valence-electron chi connectivity index (χ0n) is 22.7. The summed E-state index contributed by atoms with van der Waals surface area (Å²) in [5.41, 5.74) is 2.55. The average Bonchev–Trinajstić information content (AvgIpc) is 3.34. The average molecular weight is 587 g/mol. The van der Waals surface area contributed by atoms with Crippen molar-refractivity contribution in [1.82, 2.24) is 14.9 Å². The second-order valence-corrected chi connectivity index (χ2v) is 11.6. The molecule has 3 N–H and O–H groups in total. The number of halogens is 1. The highest BCUT2D eigenvalue weighted by Gasteiger charge is 2.21. The maximum Gasteiger partial charge on any atom is 0.340 e. The molecule has 1 unspecified atom stereocenters. The summed E-state index contributed by atoms with van der Waals surface area (Å²) in [5, 5.41) is 14.3. The van der Waals surface area contributed by atoms with Gasteiger partial charge in [0.15, 0.2) is 0 Å². The number of esters is 1. The molecule has 0 radical (unpaired) electrons. The van der Waals surface area contributed by atoms with Gasteiger partial charge in [0.1, 0.15) is 5.52 Å². The number of aliphatic hydroxyl groups excluding tert-OH is 1. The molecule has 11 heteroatoms. The Bertz CT molecular complexity index is 1540. The molecule has 214 valence electrons. The fourth-order valence-corrected chi connectivity index (χ4v) is 5.31. The molecule has 0 aliphatic heterocycles. The van der Waals surface area contributed by atoms with E-state index in [4.69, 9.17) is 4.74 Å². The number of benzene rings is 3. The molecule has 0 aliphatic rings. The molecule has 3 aromatic carbocycles. The highest BCUT2D eigenvalue weighted by atomic mass is 35.5. The van der Waals surface area contributed by atoms with Gasteiger partial charge in [-0.05, 0) is 69.2 Å². The van der Waals surface area contributed by atoms with Crippen molar-refractivity contribution >= 4 is 45.1 Å². The van der Waals surface area contributed by atoms with Crippen LogP contribution >= 0.6 is 12.4 Å². The van der Waals surface area contributed by atoms with Gasteiger partial charge in [-0.25, -0.2) is 18.2 Å². The van der Waals surface area contributed by atoms with Gasteiger partial charge in [-0.2, -0.15) is 0 Å². The summed E-state index contributed by atoms with van der Waals surface area (Å²) in [7, 11) is -3.73. The van der Waals surface area contributed by atoms with Gasteiger partial charge in [0.2, 0.25) is 0 Å². The predicted molar refractivity (Wildman–Crippen MR) is 158 cm³/mol. The molecule has 0 saturated heterocycles. The lowest BCUT2D eigenvalue weighted by molar-refractivity contribution is 0.0528. The van der Waals surface area contributed by atoms with Crippen LogP contribution in [0.1, 0.15) is 49.2 Å². The molecule has 0 amide bonds. The van der Waals surface area contributed by atoms with E-state index in [0.29, 0.717) is 35.5 Å². The van der Waals surface area contributed by atoms with E-state index in [9.17, 15) is 18.3 Å². The van der Waals surface area contributed by atoms with Crippen LogP contribution in [0.25, 0.3) is 11.0 Å². The SMILES string of the molecule is CCOC(=O)c1cccc2c1ncn2CCC(C)(C)NCC(O)c1cccc(NS(=O)(=O)c2ccccc2)c1.Cl. The van der Waals surface area contributed by atoms with Gasteiger partial charge in [-0.3, -0.25) is 4.72 Å². The molecule has 40 heavy (non-hydrogen) atoms. The topological polar surface area (TPSA) is 123 Å². The Morgan fingerprint density at radius 3 is 2.52 bits per heavy atom. The van der Waals surface area contributed by atoms with Crippen LogP contribution in [0.2, 0.25) is 0 Å². The van der Waals surface area contributed by atoms with Gasteiger partial charge in [-0.1, -0.05) is 36.4 Å². The summed E-state index contributed by atoms with van der Waals surface area (Å²) in [6, 6.07) is 20.4. The molecule has 0 aliphatic carbocycles. The number of fused-ring (bicyclic) bond motifs is 1. The molecule has 1 aromatic heterocycles. The number of aryl methyl sites for hydroxylation is 1. The number of aliphatic hydroxyl groups is 1. The van der Waals surface area contributed by atoms with Gasteiger partial charge < -0.3 is 19.7 Å². The van der Waals surface area contributed by atoms with E-state index in [1.54, 1.807) is 61.8 Å². The number of nitrogens with one attached hydrogen (secondary N) is 2. The Balaban J connectivity index is 0.00000441. The summed E-state index contributed by atoms with van der Waals surface area (Å²) in [6.07, 6.45) is 1.61. The van der Waals surface area contributed by atoms with Crippen molar-refractivity contribution in [3.63, 3.8) is 0 Å². The minimum Gasteiger partial charge on any atom is -0.462 e. The number of rotatable bonds is 12. The van der Waals surface area contributed by atoms with Crippen LogP contribution in [-0.4, -0.2) is 47.7 Å². The number of carbonyl (C=O) groups is 1. The Morgan fingerprint density at radius 2 is 1.80 bits per heavy atom. The normalized spacial score (nSPS) is 12.5. The molecule has 9 nitrogen and oxygen atoms in total. The van der Waals surface area contributed by atoms with E-state index in [1.807, 2.05) is 30.5 Å². The fourth-order valence-electron chi connectivity index (χ4n) is 4.24. The van der Waals surface area contributed by atoms with Crippen molar-refractivity contribution in [2.75, 3.05) is 17.9 Å². The number of hydrogen-bond donors (Lipinski definition) is 3. The number of ether oxygens (including phenoxy) is 1. The van der Waals surface area contributed by atoms with Crippen molar-refractivity contribution in [2.24, 2.45) is 0 Å². The predicted octanol–water partition coefficient (Wildman–Crippen LogP) is 4.93. The highest BCUT2D eigenvalue weighted by molar-refractivity contribution is 7.92. The minimum atomic E-state index is -3.73. The van der Waals surface area contributed by atoms with Crippen molar-refractivity contribution in [3.8, 4) is 0 Å². The van der Waals surface area contributed by atoms with Crippen LogP contribution in [-0.2, 0) is 21.3 Å². The lowest BCUT2D eigenvalue weighted by Crippen LogP contribution is -2.42. The van der Waals surface area contributed by atoms with Crippen LogP contribution in [0.4, 0.5) is 5.69 Å². The quantitative estimate of drug-likeness (QED) is 0.201. The zero-order valence-corrected chi connectivity index (χ0v) is 24.3. The highest BCUT2D eigenvalue weighted by Crippen LogP contribution is 2.23. The number of para-hydroxylation sites is 1. The minimum absolute atomic E-state index is 0. The molecule has 1 heterocycles. The third-order valence-corrected chi connectivity index (χ3v) is 7.87. The van der Waals surface area contributed by atoms with E-state index >= 15 is 0 Å². The number of β-amino-alcohol motifs (C(OH)–C–C–N with tert-alkyl or cyclic N) is 1. The van der Waals surface area contributed by atoms with E-state index in [2.05, 4.69) is 15.0 Å². The van der Waals surface area contributed by atoms with Crippen molar-refractivity contribution in [2.45, 2.75) is 50.3 Å². The number of carbonyl (C=O) groups excluding carboxylic acids is 1. The Labute approximate surface area is 241 Å². The molecular weight excluding hydrogens is 552 g/mol. The third-order valence-electron chi connectivity index (χ3n) is 6.47. The van der Waals surface area contributed by atoms with Crippen LogP contribution < -0.4 is 10.0 Å². The summed E-state index contributed by atoms with van der Waals surface area (Å²) >= 11 is 0. The van der Waals surface area contributed by atoms with Gasteiger partial charge >= 0.3 is 5.97 Å². The number of aromatic nitrogens is 2. The van der Waals surface area contributed by atoms with E-state index < -0.39 is 16.1 Å². The van der Waals surface area contributed by atoms with Crippen LogP contribution in [0.3, 0.4) is 0 Å². The lowest BCUT2D eigenvalue weighted by atomic mass is 9.99. The number of anilines is 1. The second-order valence-electron chi connectivity index (χ2n) is 9.91. The van der Waals surface area contributed by atoms with Crippen LogP contribution in [0, 0.1) is 0 Å². The number of imidazole rings is 1. The zero-order chi connectivity index (χ0) is 28.0. The van der Waals surface area contributed by atoms with Crippen molar-refractivity contribution < 1.29 is 23.1 Å². The number of sulfonamides is 1. The summed E-state index contributed by atoms with van der Waals surface area (Å²) in [6.45, 7) is 7.09. The molecule has 0 fully saturated rings. The Kier molecular flexibility index (Phi) is 10.3.